The van der Waals surface area contributed by atoms with Gasteiger partial charge in [0.15, 0.2) is 0 Å². The van der Waals surface area contributed by atoms with E-state index in [0.717, 1.165) is 33.4 Å². The Morgan fingerprint density at radius 1 is 0.630 bits per heavy atom. The third-order valence-electron chi connectivity index (χ3n) is 11.5. The van der Waals surface area contributed by atoms with Crippen molar-refractivity contribution in [2.24, 2.45) is 5.73 Å². The van der Waals surface area contributed by atoms with Gasteiger partial charge in [-0.05, 0) is 108 Å². The second-order valence-corrected chi connectivity index (χ2v) is 15.1. The van der Waals surface area contributed by atoms with E-state index in [2.05, 4.69) is 171 Å². The second-order valence-electron chi connectivity index (χ2n) is 15.1. The molecule has 8 aromatic carbocycles. The molecule has 0 spiro atoms. The lowest BCUT2D eigenvalue weighted by atomic mass is 9.81. The van der Waals surface area contributed by atoms with Crippen LogP contribution >= 0.6 is 0 Å². The van der Waals surface area contributed by atoms with E-state index in [1.165, 1.54) is 65.9 Å². The Balaban J connectivity index is 1.06. The first kappa shape index (κ1) is 32.2. The number of hydrogen-bond donors (Lipinski definition) is 2. The molecular weight excluding hydrogens is 657 g/mol. The van der Waals surface area contributed by atoms with Crippen molar-refractivity contribution >= 4 is 49.2 Å². The molecule has 3 N–H and O–H groups in total. The van der Waals surface area contributed by atoms with Gasteiger partial charge in [-0.1, -0.05) is 153 Å². The number of nitrogens with one attached hydrogen (secondary N) is 1. The van der Waals surface area contributed by atoms with Crippen molar-refractivity contribution in [1.29, 1.82) is 0 Å². The standard InChI is InChI=1S/C51H40N2O/c1-51(2)43-21-11-20-40(48(43)42-30-35-15-6-7-16-36(35)31-44(42)51)37-17-10-18-38(29-37)45(53-50(52)34-13-4-3-5-14-34)26-23-32-22-25-41-47(28-32)54-46-27-24-33-12-8-9-19-39(33)49(41)46/h3-22,24-31,50,53H,23,52H2,1-2H3/b45-26-. The minimum absolute atomic E-state index is 0.106. The maximum absolute atomic E-state index is 6.85. The van der Waals surface area contributed by atoms with Crippen LogP contribution in [0.4, 0.5) is 0 Å². The first-order valence-electron chi connectivity index (χ1n) is 18.8. The first-order valence-corrected chi connectivity index (χ1v) is 18.8. The molecule has 1 aromatic heterocycles. The van der Waals surface area contributed by atoms with Crippen molar-refractivity contribution in [2.45, 2.75) is 31.8 Å². The largest absolute Gasteiger partial charge is 0.456 e. The Labute approximate surface area is 315 Å². The molecular formula is C51H40N2O. The van der Waals surface area contributed by atoms with Gasteiger partial charge < -0.3 is 15.5 Å². The molecule has 3 nitrogen and oxygen atoms in total. The third-order valence-corrected chi connectivity index (χ3v) is 11.5. The van der Waals surface area contributed by atoms with E-state index in [-0.39, 0.29) is 11.6 Å². The summed E-state index contributed by atoms with van der Waals surface area (Å²) in [4.78, 5) is 0. The summed E-state index contributed by atoms with van der Waals surface area (Å²) in [6.07, 6.45) is 2.59. The van der Waals surface area contributed by atoms with Crippen molar-refractivity contribution in [3.05, 3.63) is 198 Å². The van der Waals surface area contributed by atoms with Crippen LogP contribution in [0.5, 0.6) is 0 Å². The summed E-state index contributed by atoms with van der Waals surface area (Å²) in [5, 5.41) is 11.0. The van der Waals surface area contributed by atoms with Crippen LogP contribution in [0.3, 0.4) is 0 Å². The summed E-state index contributed by atoms with van der Waals surface area (Å²) in [5.41, 5.74) is 20.6. The number of nitrogens with two attached hydrogens (primary N) is 1. The highest BCUT2D eigenvalue weighted by molar-refractivity contribution is 6.18. The summed E-state index contributed by atoms with van der Waals surface area (Å²) >= 11 is 0. The molecule has 3 heteroatoms. The predicted octanol–water partition coefficient (Wildman–Crippen LogP) is 12.7. The van der Waals surface area contributed by atoms with Crippen LogP contribution in [0.25, 0.3) is 71.4 Å². The molecule has 0 saturated carbocycles. The normalized spacial score (nSPS) is 14.1. The van der Waals surface area contributed by atoms with Gasteiger partial charge in [0, 0.05) is 21.9 Å². The smallest absolute Gasteiger partial charge is 0.136 e. The van der Waals surface area contributed by atoms with Crippen LogP contribution in [0.1, 0.15) is 47.8 Å². The monoisotopic (exact) mass is 696 g/mol. The number of furan rings is 1. The minimum Gasteiger partial charge on any atom is -0.456 e. The quantitative estimate of drug-likeness (QED) is 0.163. The highest BCUT2D eigenvalue weighted by atomic mass is 16.3. The number of fused-ring (bicyclic) bond motifs is 9. The molecule has 1 aliphatic carbocycles. The third kappa shape index (κ3) is 5.31. The van der Waals surface area contributed by atoms with Gasteiger partial charge in [0.25, 0.3) is 0 Å². The molecule has 0 amide bonds. The summed E-state index contributed by atoms with van der Waals surface area (Å²) in [6.45, 7) is 4.71. The van der Waals surface area contributed by atoms with Crippen molar-refractivity contribution in [2.75, 3.05) is 0 Å². The molecule has 10 rings (SSSR count). The molecule has 0 bridgehead atoms. The van der Waals surface area contributed by atoms with E-state index in [0.29, 0.717) is 6.42 Å². The molecule has 1 aliphatic rings. The van der Waals surface area contributed by atoms with Crippen LogP contribution in [0.15, 0.2) is 174 Å². The molecule has 0 saturated heterocycles. The average Bonchev–Trinajstić information content (AvgIpc) is 3.70. The number of hydrogen-bond acceptors (Lipinski definition) is 3. The van der Waals surface area contributed by atoms with Crippen LogP contribution in [-0.4, -0.2) is 0 Å². The van der Waals surface area contributed by atoms with E-state index in [9.17, 15) is 0 Å². The molecule has 1 atom stereocenters. The minimum atomic E-state index is -0.380. The maximum Gasteiger partial charge on any atom is 0.136 e. The lowest BCUT2D eigenvalue weighted by Gasteiger charge is -2.22. The zero-order chi connectivity index (χ0) is 36.4. The topological polar surface area (TPSA) is 51.2 Å². The predicted molar refractivity (Wildman–Crippen MR) is 226 cm³/mol. The fourth-order valence-electron chi connectivity index (χ4n) is 8.68. The molecule has 260 valence electrons. The Bertz CT molecular complexity index is 2930. The van der Waals surface area contributed by atoms with Gasteiger partial charge in [0.1, 0.15) is 17.3 Å². The maximum atomic E-state index is 6.85. The van der Waals surface area contributed by atoms with E-state index in [1.807, 2.05) is 18.2 Å². The van der Waals surface area contributed by atoms with Crippen molar-refractivity contribution in [3.63, 3.8) is 0 Å². The summed E-state index contributed by atoms with van der Waals surface area (Å²) in [6, 6.07) is 58.7. The van der Waals surface area contributed by atoms with E-state index >= 15 is 0 Å². The number of rotatable bonds is 7. The summed E-state index contributed by atoms with van der Waals surface area (Å²) in [5.74, 6) is 0. The lowest BCUT2D eigenvalue weighted by Crippen LogP contribution is -2.27. The van der Waals surface area contributed by atoms with Crippen LogP contribution in [-0.2, 0) is 11.8 Å². The van der Waals surface area contributed by atoms with Gasteiger partial charge in [0.05, 0.1) is 0 Å². The van der Waals surface area contributed by atoms with Gasteiger partial charge in [-0.15, -0.1) is 0 Å². The molecule has 9 aromatic rings. The Morgan fingerprint density at radius 2 is 1.39 bits per heavy atom. The van der Waals surface area contributed by atoms with Crippen molar-refractivity contribution < 1.29 is 4.42 Å². The van der Waals surface area contributed by atoms with Crippen LogP contribution < -0.4 is 11.1 Å². The highest BCUT2D eigenvalue weighted by Gasteiger charge is 2.37. The zero-order valence-electron chi connectivity index (χ0n) is 30.4. The number of allylic oxidation sites excluding steroid dienone is 1. The van der Waals surface area contributed by atoms with Crippen molar-refractivity contribution in [3.8, 4) is 22.3 Å². The molecule has 0 radical (unpaired) electrons. The van der Waals surface area contributed by atoms with E-state index < -0.39 is 0 Å². The lowest BCUT2D eigenvalue weighted by molar-refractivity contribution is 0.661. The first-order chi connectivity index (χ1) is 26.4. The summed E-state index contributed by atoms with van der Waals surface area (Å²) in [7, 11) is 0. The van der Waals surface area contributed by atoms with Crippen LogP contribution in [0, 0.1) is 0 Å². The van der Waals surface area contributed by atoms with Crippen molar-refractivity contribution in [1.82, 2.24) is 5.32 Å². The molecule has 1 unspecified atom stereocenters. The SMILES string of the molecule is CC1(C)c2cc3ccccc3cc2-c2c(-c3cccc(/C(=C/Cc4ccc5c(c4)oc4ccc6ccccc6c45)NC(N)c4ccccc4)c3)cccc21. The van der Waals surface area contributed by atoms with E-state index in [4.69, 9.17) is 10.2 Å². The van der Waals surface area contributed by atoms with Gasteiger partial charge in [-0.3, -0.25) is 0 Å². The highest BCUT2D eigenvalue weighted by Crippen LogP contribution is 2.53. The van der Waals surface area contributed by atoms with Gasteiger partial charge in [0.2, 0.25) is 0 Å². The molecule has 1 heterocycles. The van der Waals surface area contributed by atoms with Gasteiger partial charge >= 0.3 is 0 Å². The number of benzene rings is 8. The fraction of sp³-hybridized carbons (Fsp3) is 0.0980. The van der Waals surface area contributed by atoms with E-state index in [1.54, 1.807) is 0 Å². The van der Waals surface area contributed by atoms with Gasteiger partial charge in [-0.2, -0.15) is 0 Å². The Hall–Kier alpha value is -6.42. The Morgan fingerprint density at radius 3 is 2.24 bits per heavy atom. The van der Waals surface area contributed by atoms with Crippen LogP contribution in [0.2, 0.25) is 0 Å². The fourth-order valence-corrected chi connectivity index (χ4v) is 8.68. The Kier molecular flexibility index (Phi) is 7.53. The molecule has 0 aliphatic heterocycles. The molecule has 0 fully saturated rings. The molecule has 54 heavy (non-hydrogen) atoms. The summed E-state index contributed by atoms with van der Waals surface area (Å²) < 4.78 is 6.42. The van der Waals surface area contributed by atoms with Gasteiger partial charge in [-0.25, -0.2) is 0 Å². The second kappa shape index (κ2) is 12.6. The zero-order valence-corrected chi connectivity index (χ0v) is 30.4. The average molecular weight is 697 g/mol.